The van der Waals surface area contributed by atoms with Crippen LogP contribution in [-0.4, -0.2) is 232 Å². The van der Waals surface area contributed by atoms with Gasteiger partial charge in [0.15, 0.2) is 25.2 Å². The third-order valence-corrected chi connectivity index (χ3v) is 21.7. The minimum atomic E-state index is -1.97. The van der Waals surface area contributed by atoms with E-state index in [1.165, 1.54) is 6.92 Å². The van der Waals surface area contributed by atoms with Crippen molar-refractivity contribution in [1.82, 2.24) is 0 Å². The summed E-state index contributed by atoms with van der Waals surface area (Å²) in [6.45, 7) is 14.0. The molecule has 0 aromatic heterocycles. The van der Waals surface area contributed by atoms with Crippen LogP contribution in [0.2, 0.25) is 0 Å². The molecule has 6 aliphatic heterocycles. The third-order valence-electron chi connectivity index (χ3n) is 21.7. The summed E-state index contributed by atoms with van der Waals surface area (Å²) in [6.07, 6.45) is -28.3. The van der Waals surface area contributed by atoms with E-state index >= 15 is 0 Å². The second-order valence-corrected chi connectivity index (χ2v) is 25.9. The molecule has 0 amide bonds. The normalized spacial score (nSPS) is 57.0. The summed E-state index contributed by atoms with van der Waals surface area (Å²) in [5, 5.41) is 144. The molecular weight excluding hydrogens is 1000 g/mol. The molecule has 2 bridgehead atoms. The van der Waals surface area contributed by atoms with Crippen LogP contribution in [0.1, 0.15) is 113 Å². The van der Waals surface area contributed by atoms with Gasteiger partial charge in [-0.05, 0) is 123 Å². The first kappa shape index (κ1) is 57.6. The number of carbonyl (C=O) groups excluding carboxylic acids is 1. The molecular formula is C53H84O23. The van der Waals surface area contributed by atoms with Crippen LogP contribution >= 0.6 is 0 Å². The van der Waals surface area contributed by atoms with Gasteiger partial charge in [-0.3, -0.25) is 4.79 Å². The van der Waals surface area contributed by atoms with Crippen molar-refractivity contribution in [1.29, 1.82) is 0 Å². The molecule has 11 rings (SSSR count). The van der Waals surface area contributed by atoms with Gasteiger partial charge in [0.05, 0.1) is 43.5 Å². The van der Waals surface area contributed by atoms with E-state index in [2.05, 4.69) is 34.6 Å². The third kappa shape index (κ3) is 8.33. The quantitative estimate of drug-likeness (QED) is 0.0632. The van der Waals surface area contributed by atoms with E-state index in [9.17, 15) is 71.2 Å². The van der Waals surface area contributed by atoms with Crippen molar-refractivity contribution in [2.24, 2.45) is 38.9 Å². The molecule has 29 atom stereocenters. The van der Waals surface area contributed by atoms with Gasteiger partial charge in [-0.25, -0.2) is 0 Å². The molecule has 23 nitrogen and oxygen atoms in total. The van der Waals surface area contributed by atoms with Gasteiger partial charge in [0, 0.05) is 0 Å². The van der Waals surface area contributed by atoms with Crippen molar-refractivity contribution in [2.45, 2.75) is 253 Å². The molecule has 10 fully saturated rings. The molecule has 6 saturated heterocycles. The Bertz CT molecular complexity index is 2200. The van der Waals surface area contributed by atoms with Crippen LogP contribution in [0.15, 0.2) is 11.1 Å². The lowest BCUT2D eigenvalue weighted by atomic mass is 9.33. The van der Waals surface area contributed by atoms with Crippen LogP contribution in [0, 0.1) is 38.9 Å². The van der Waals surface area contributed by atoms with E-state index in [1.807, 2.05) is 0 Å². The Morgan fingerprint density at radius 1 is 0.579 bits per heavy atom. The average molecular weight is 1090 g/mol. The number of aliphatic hydroxyl groups excluding tert-OH is 12. The standard InChI is InChI=1S/C53H84O23/c1-21-30(58)33(61)36(64)42(69-21)75-40-38(73-45-39(35(63)32(60)25(19-55)71-45)74-43-37(65)34(62)31(59)24(18-54)70-43)23(57)20-68-44(40)72-28-10-11-48(4)26(47(28,2)3)9-12-49(5)27(48)17-22(56)29-41-52(8,67)51(7)14-16-53(41,46(66)76-51)15-13-50(29,49)6/h21-28,30-40,42-45,54-65,67H,9-20H2,1-8H3/t21-,22-,23-,24+,25+,26?,27?,28-,30-,31+,32+,33+,34-,35-,36+,37+,38-,39+,40+,42-,43-,44-,45-,48-,49+,50+,51-,52-,53+/m0/s1. The monoisotopic (exact) mass is 1090 g/mol. The molecule has 0 aromatic rings. The van der Waals surface area contributed by atoms with Crippen molar-refractivity contribution >= 4 is 5.97 Å². The molecule has 76 heavy (non-hydrogen) atoms. The highest BCUT2D eigenvalue weighted by Gasteiger charge is 2.75. The van der Waals surface area contributed by atoms with E-state index < -0.39 is 176 Å². The zero-order valence-corrected chi connectivity index (χ0v) is 44.7. The number of esters is 1. The molecule has 0 aromatic carbocycles. The van der Waals surface area contributed by atoms with Crippen molar-refractivity contribution in [3.8, 4) is 0 Å². The van der Waals surface area contributed by atoms with Gasteiger partial charge in [0.2, 0.25) is 0 Å². The van der Waals surface area contributed by atoms with E-state index in [0.717, 1.165) is 18.4 Å². The molecule has 6 heterocycles. The van der Waals surface area contributed by atoms with Crippen molar-refractivity contribution in [3.05, 3.63) is 11.1 Å². The van der Waals surface area contributed by atoms with Gasteiger partial charge in [0.25, 0.3) is 0 Å². The Kier molecular flexibility index (Phi) is 15.0. The molecule has 13 N–H and O–H groups in total. The van der Waals surface area contributed by atoms with E-state index in [0.29, 0.717) is 50.5 Å². The average Bonchev–Trinajstić information content (AvgIpc) is 3.51. The number of fused-ring (bicyclic) bond motifs is 7. The lowest BCUT2D eigenvalue weighted by molar-refractivity contribution is -0.401. The fourth-order valence-corrected chi connectivity index (χ4v) is 16.8. The Hall–Kier alpha value is -1.63. The number of aliphatic hydroxyl groups is 13. The fourth-order valence-electron chi connectivity index (χ4n) is 16.8. The van der Waals surface area contributed by atoms with Crippen LogP contribution in [0.4, 0.5) is 0 Å². The van der Waals surface area contributed by atoms with Crippen LogP contribution in [-0.2, 0) is 47.4 Å². The minimum absolute atomic E-state index is 0.000302. The predicted octanol–water partition coefficient (Wildman–Crippen LogP) is -2.12. The van der Waals surface area contributed by atoms with E-state index in [1.54, 1.807) is 13.8 Å². The highest BCUT2D eigenvalue weighted by atomic mass is 16.8. The topological polar surface area (TPSA) is 363 Å². The molecule has 434 valence electrons. The van der Waals surface area contributed by atoms with Crippen LogP contribution < -0.4 is 0 Å². The number of carbonyl (C=O) groups is 1. The highest BCUT2D eigenvalue weighted by Crippen LogP contribution is 2.77. The Balaban J connectivity index is 0.945. The number of rotatable bonds is 10. The van der Waals surface area contributed by atoms with Gasteiger partial charge < -0.3 is 109 Å². The number of ether oxygens (including phenoxy) is 9. The smallest absolute Gasteiger partial charge is 0.317 e. The lowest BCUT2D eigenvalue weighted by Gasteiger charge is -2.73. The van der Waals surface area contributed by atoms with E-state index in [4.69, 9.17) is 42.6 Å². The van der Waals surface area contributed by atoms with Gasteiger partial charge >= 0.3 is 5.97 Å². The van der Waals surface area contributed by atoms with Gasteiger partial charge in [0.1, 0.15) is 96.7 Å². The second kappa shape index (κ2) is 19.8. The molecule has 11 aliphatic rings. The van der Waals surface area contributed by atoms with Crippen LogP contribution in [0.5, 0.6) is 0 Å². The van der Waals surface area contributed by atoms with Crippen LogP contribution in [0.25, 0.3) is 0 Å². The summed E-state index contributed by atoms with van der Waals surface area (Å²) < 4.78 is 55.5. The van der Waals surface area contributed by atoms with E-state index in [-0.39, 0.29) is 28.6 Å². The molecule has 2 unspecified atom stereocenters. The molecule has 1 spiro atoms. The largest absolute Gasteiger partial charge is 0.455 e. The molecule has 23 heteroatoms. The fraction of sp³-hybridized carbons (Fsp3) is 0.943. The molecule has 5 aliphatic carbocycles. The first-order valence-electron chi connectivity index (χ1n) is 27.4. The maximum absolute atomic E-state index is 13.9. The Morgan fingerprint density at radius 3 is 1.80 bits per heavy atom. The Labute approximate surface area is 441 Å². The zero-order chi connectivity index (χ0) is 55.4. The van der Waals surface area contributed by atoms with Crippen molar-refractivity contribution in [2.75, 3.05) is 19.8 Å². The maximum Gasteiger partial charge on any atom is 0.317 e. The van der Waals surface area contributed by atoms with Crippen LogP contribution in [0.3, 0.4) is 0 Å². The number of hydrogen-bond donors (Lipinski definition) is 13. The summed E-state index contributed by atoms with van der Waals surface area (Å²) in [5.74, 6) is -0.316. The summed E-state index contributed by atoms with van der Waals surface area (Å²) >= 11 is 0. The van der Waals surface area contributed by atoms with Gasteiger partial charge in [-0.15, -0.1) is 0 Å². The maximum atomic E-state index is 13.9. The summed E-state index contributed by atoms with van der Waals surface area (Å²) in [7, 11) is 0. The van der Waals surface area contributed by atoms with Crippen molar-refractivity contribution < 1.29 is 114 Å². The first-order valence-corrected chi connectivity index (χ1v) is 27.4. The number of hydrogen-bond acceptors (Lipinski definition) is 23. The second-order valence-electron chi connectivity index (χ2n) is 25.9. The van der Waals surface area contributed by atoms with Gasteiger partial charge in [-0.1, -0.05) is 34.6 Å². The molecule has 4 saturated carbocycles. The minimum Gasteiger partial charge on any atom is -0.455 e. The van der Waals surface area contributed by atoms with Crippen molar-refractivity contribution in [3.63, 3.8) is 0 Å². The zero-order valence-electron chi connectivity index (χ0n) is 44.7. The summed E-state index contributed by atoms with van der Waals surface area (Å²) in [5.41, 5.74) is -4.01. The van der Waals surface area contributed by atoms with Gasteiger partial charge in [-0.2, -0.15) is 0 Å². The first-order chi connectivity index (χ1) is 35.5. The predicted molar refractivity (Wildman–Crippen MR) is 256 cm³/mol. The molecule has 0 radical (unpaired) electrons. The summed E-state index contributed by atoms with van der Waals surface area (Å²) in [4.78, 5) is 13.9. The SMILES string of the molecule is C[C@@H]1O[C@@H](O[C@H]2[C@H](O[C@H]3CC[C@@]4(C)C(CC[C@]5(C)C4C[C@H](O)C4=C6[C@]7(CC[C@](C)(OC7=O)[C@@]6(C)O)CC[C@]45C)C3(C)C)OC[C@H](O)[C@@H]2O[C@@H]2O[C@H](CO)[C@@H](O)[C@H](O)[C@H]2O[C@@H]2O[C@H](CO)[C@@H](O)[C@H](O)[C@H]2O)[C@H](O)[C@H](O)[C@H]1O. The summed E-state index contributed by atoms with van der Waals surface area (Å²) in [6, 6.07) is 0. The lowest BCUT2D eigenvalue weighted by Crippen LogP contribution is -2.72. The highest BCUT2D eigenvalue weighted by molar-refractivity contribution is 5.86. The Morgan fingerprint density at radius 2 is 1.16 bits per heavy atom.